The molecule has 0 saturated heterocycles. The lowest BCUT2D eigenvalue weighted by Crippen LogP contribution is -1.98. The van der Waals surface area contributed by atoms with Crippen LogP contribution in [0.5, 0.6) is 0 Å². The molecule has 0 saturated carbocycles. The quantitative estimate of drug-likeness (QED) is 0.807. The van der Waals surface area contributed by atoms with Crippen molar-refractivity contribution in [3.8, 4) is 0 Å². The van der Waals surface area contributed by atoms with Crippen LogP contribution in [0.4, 0.5) is 0 Å². The van der Waals surface area contributed by atoms with E-state index in [0.29, 0.717) is 13.2 Å². The van der Waals surface area contributed by atoms with Gasteiger partial charge in [-0.05, 0) is 33.8 Å². The Kier molecular flexibility index (Phi) is 4.19. The molecule has 0 radical (unpaired) electrons. The Bertz CT molecular complexity index is 423. The summed E-state index contributed by atoms with van der Waals surface area (Å²) in [5, 5.41) is 0. The first kappa shape index (κ1) is 12.2. The lowest BCUT2D eigenvalue weighted by Gasteiger charge is -2.04. The van der Waals surface area contributed by atoms with Crippen molar-refractivity contribution in [2.45, 2.75) is 13.2 Å². The first-order chi connectivity index (χ1) is 8.24. The number of rotatable bonds is 4. The standard InChI is InChI=1S/C12H14O3Si2/c13-16-5-1-11(2-6-16)9-15-10-12-3-7-17(14)8-4-12/h1-8,13-14H,9-10H2. The van der Waals surface area contributed by atoms with E-state index in [9.17, 15) is 9.59 Å². The van der Waals surface area contributed by atoms with Crippen molar-refractivity contribution < 1.29 is 14.3 Å². The molecule has 3 nitrogen and oxygen atoms in total. The van der Waals surface area contributed by atoms with Gasteiger partial charge in [0.15, 0.2) is 0 Å². The molecule has 0 aromatic carbocycles. The van der Waals surface area contributed by atoms with Crippen LogP contribution in [-0.4, -0.2) is 26.9 Å². The number of hydrogen-bond acceptors (Lipinski definition) is 3. The van der Waals surface area contributed by atoms with E-state index in [0.717, 1.165) is 11.1 Å². The molecule has 17 heavy (non-hydrogen) atoms. The Morgan fingerprint density at radius 3 is 1.47 bits per heavy atom. The molecular weight excluding hydrogens is 248 g/mol. The van der Waals surface area contributed by atoms with E-state index in [-0.39, 0.29) is 0 Å². The van der Waals surface area contributed by atoms with Gasteiger partial charge in [-0.15, -0.1) is 0 Å². The Balaban J connectivity index is 1.83. The summed E-state index contributed by atoms with van der Waals surface area (Å²) in [4.78, 5) is 18.6. The molecular formula is C12H14O3Si2. The van der Waals surface area contributed by atoms with Crippen LogP contribution in [0.2, 0.25) is 0 Å². The third kappa shape index (κ3) is 3.88. The van der Waals surface area contributed by atoms with Crippen molar-refractivity contribution in [3.63, 3.8) is 0 Å². The minimum Gasteiger partial charge on any atom is -0.563 e. The molecule has 0 unspecified atom stereocenters. The smallest absolute Gasteiger partial charge is 0.258 e. The predicted molar refractivity (Wildman–Crippen MR) is 68.5 cm³/mol. The Labute approximate surface area is 103 Å². The largest absolute Gasteiger partial charge is 0.563 e. The summed E-state index contributed by atoms with van der Waals surface area (Å²) in [7, 11) is -2.73. The number of ether oxygens (including phenoxy) is 1. The second-order valence-corrected chi connectivity index (χ2v) is 6.86. The maximum Gasteiger partial charge on any atom is 0.258 e. The normalized spacial score (nSPS) is 10.4. The molecule has 88 valence electrons. The molecule has 2 heterocycles. The van der Waals surface area contributed by atoms with Crippen LogP contribution in [0.1, 0.15) is 11.1 Å². The van der Waals surface area contributed by atoms with Gasteiger partial charge in [0.25, 0.3) is 17.3 Å². The second-order valence-electron chi connectivity index (χ2n) is 3.83. The zero-order valence-corrected chi connectivity index (χ0v) is 11.3. The summed E-state index contributed by atoms with van der Waals surface area (Å²) < 4.78 is 5.56. The fourth-order valence-corrected chi connectivity index (χ4v) is 3.23. The molecule has 0 fully saturated rings. The van der Waals surface area contributed by atoms with Crippen LogP contribution in [-0.2, 0) is 18.0 Å². The van der Waals surface area contributed by atoms with Crippen LogP contribution >= 0.6 is 0 Å². The molecule has 5 heteroatoms. The van der Waals surface area contributed by atoms with Crippen LogP contribution in [0, 0.1) is 0 Å². The van der Waals surface area contributed by atoms with Gasteiger partial charge in [-0.2, -0.15) is 0 Å². The highest BCUT2D eigenvalue weighted by Crippen LogP contribution is 2.04. The highest BCUT2D eigenvalue weighted by atomic mass is 28.3. The summed E-state index contributed by atoms with van der Waals surface area (Å²) in [6.45, 7) is 1.09. The lowest BCUT2D eigenvalue weighted by atomic mass is 10.3. The first-order valence-corrected chi connectivity index (χ1v) is 8.58. The third-order valence-corrected chi connectivity index (χ3v) is 4.44. The Morgan fingerprint density at radius 2 is 1.12 bits per heavy atom. The average molecular weight is 262 g/mol. The van der Waals surface area contributed by atoms with Gasteiger partial charge in [0.05, 0.1) is 13.2 Å². The van der Waals surface area contributed by atoms with E-state index in [4.69, 9.17) is 4.74 Å². The minimum absolute atomic E-state index is 0.546. The molecule has 0 aliphatic carbocycles. The summed E-state index contributed by atoms with van der Waals surface area (Å²) in [5.41, 5.74) is 9.47. The molecule has 2 aromatic heterocycles. The van der Waals surface area contributed by atoms with E-state index in [1.54, 1.807) is 0 Å². The Morgan fingerprint density at radius 1 is 0.765 bits per heavy atom. The molecule has 2 aromatic rings. The van der Waals surface area contributed by atoms with Gasteiger partial charge in [-0.1, -0.05) is 24.3 Å². The molecule has 0 aliphatic heterocycles. The van der Waals surface area contributed by atoms with Gasteiger partial charge < -0.3 is 14.3 Å². The topological polar surface area (TPSA) is 49.7 Å². The zero-order chi connectivity index (χ0) is 12.1. The average Bonchev–Trinajstić information content (AvgIpc) is 2.34. The molecule has 0 spiro atoms. The maximum absolute atomic E-state index is 9.31. The summed E-state index contributed by atoms with van der Waals surface area (Å²) in [6, 6.07) is 7.67. The van der Waals surface area contributed by atoms with Gasteiger partial charge in [0, 0.05) is 0 Å². The maximum atomic E-state index is 9.31. The fraction of sp³-hybridized carbons (Fsp3) is 0.167. The molecule has 0 atom stereocenters. The third-order valence-electron chi connectivity index (χ3n) is 2.41. The van der Waals surface area contributed by atoms with E-state index < -0.39 is 17.3 Å². The van der Waals surface area contributed by atoms with Crippen LogP contribution in [0.15, 0.2) is 47.0 Å². The van der Waals surface area contributed by atoms with Crippen molar-refractivity contribution in [2.24, 2.45) is 0 Å². The van der Waals surface area contributed by atoms with Crippen molar-refractivity contribution in [1.82, 2.24) is 0 Å². The zero-order valence-electron chi connectivity index (χ0n) is 9.34. The van der Waals surface area contributed by atoms with Crippen LogP contribution in [0.3, 0.4) is 0 Å². The van der Waals surface area contributed by atoms with Gasteiger partial charge >= 0.3 is 0 Å². The predicted octanol–water partition coefficient (Wildman–Crippen LogP) is 0.966. The summed E-state index contributed by atoms with van der Waals surface area (Å²) >= 11 is 0. The summed E-state index contributed by atoms with van der Waals surface area (Å²) in [5.74, 6) is 0. The second kappa shape index (κ2) is 5.85. The molecule has 0 amide bonds. The number of hydrogen-bond donors (Lipinski definition) is 2. The van der Waals surface area contributed by atoms with Gasteiger partial charge in [0.2, 0.25) is 0 Å². The fourth-order valence-electron chi connectivity index (χ4n) is 1.47. The highest BCUT2D eigenvalue weighted by Gasteiger charge is 1.97. The molecule has 2 N–H and O–H groups in total. The van der Waals surface area contributed by atoms with E-state index in [1.165, 1.54) is 0 Å². The lowest BCUT2D eigenvalue weighted by molar-refractivity contribution is 0.107. The summed E-state index contributed by atoms with van der Waals surface area (Å²) in [6.07, 6.45) is 0. The SMILES string of the molecule is O[si]1ccc(COCc2cc[si](O)cc2)cc1. The molecule has 0 aliphatic rings. The minimum atomic E-state index is -1.37. The van der Waals surface area contributed by atoms with Crippen LogP contribution in [0.25, 0.3) is 0 Å². The van der Waals surface area contributed by atoms with Gasteiger partial charge in [0.1, 0.15) is 0 Å². The van der Waals surface area contributed by atoms with Crippen molar-refractivity contribution in [2.75, 3.05) is 0 Å². The van der Waals surface area contributed by atoms with Gasteiger partial charge in [-0.3, -0.25) is 0 Å². The molecule has 0 bridgehead atoms. The van der Waals surface area contributed by atoms with Crippen molar-refractivity contribution in [1.29, 1.82) is 0 Å². The van der Waals surface area contributed by atoms with E-state index in [1.807, 2.05) is 47.0 Å². The van der Waals surface area contributed by atoms with Crippen molar-refractivity contribution >= 4 is 17.3 Å². The van der Waals surface area contributed by atoms with E-state index >= 15 is 0 Å². The Hall–Kier alpha value is -1.31. The van der Waals surface area contributed by atoms with Crippen molar-refractivity contribution in [3.05, 3.63) is 58.1 Å². The first-order valence-electron chi connectivity index (χ1n) is 5.37. The van der Waals surface area contributed by atoms with Crippen LogP contribution < -0.4 is 0 Å². The van der Waals surface area contributed by atoms with E-state index in [2.05, 4.69) is 0 Å². The monoisotopic (exact) mass is 262 g/mol. The molecule has 2 rings (SSSR count). The van der Waals surface area contributed by atoms with Gasteiger partial charge in [-0.25, -0.2) is 0 Å². The highest BCUT2D eigenvalue weighted by molar-refractivity contribution is 6.41.